The number of nitrogens with zero attached hydrogens (tertiary/aromatic N) is 2. The summed E-state index contributed by atoms with van der Waals surface area (Å²) in [6.45, 7) is 5.60. The van der Waals surface area contributed by atoms with Crippen LogP contribution in [0.25, 0.3) is 17.0 Å². The lowest BCUT2D eigenvalue weighted by atomic mass is 10.1. The number of rotatable bonds is 10. The van der Waals surface area contributed by atoms with Crippen molar-refractivity contribution in [3.63, 3.8) is 0 Å². The maximum Gasteiger partial charge on any atom is 0.133 e. The van der Waals surface area contributed by atoms with Gasteiger partial charge in [-0.25, -0.2) is 4.98 Å². The van der Waals surface area contributed by atoms with Crippen molar-refractivity contribution >= 4 is 17.0 Å². The predicted molar refractivity (Wildman–Crippen MR) is 122 cm³/mol. The summed E-state index contributed by atoms with van der Waals surface area (Å²) >= 11 is 0. The maximum absolute atomic E-state index is 8.83. The molecule has 0 unspecified atom stereocenters. The molecule has 1 heterocycles. The standard InChI is InChI=1S/C26H28N2O2/c1-3-4-17-30-26-20(2)24(28-25-12-8-7-10-23(25)26)11-6-5-9-18-29-22-15-13-21(19-27)14-16-22/h6-8,10-16H,3-5,9,17-18H2,1-2H3/b11-6+. The minimum atomic E-state index is 0.631. The van der Waals surface area contributed by atoms with E-state index in [4.69, 9.17) is 19.7 Å². The molecule has 154 valence electrons. The number of para-hydroxylation sites is 1. The van der Waals surface area contributed by atoms with Crippen molar-refractivity contribution in [3.05, 3.63) is 71.4 Å². The highest BCUT2D eigenvalue weighted by atomic mass is 16.5. The van der Waals surface area contributed by atoms with Crippen LogP contribution in [0, 0.1) is 18.3 Å². The number of allylic oxidation sites excluding steroid dienone is 1. The lowest BCUT2D eigenvalue weighted by Crippen LogP contribution is -2.02. The van der Waals surface area contributed by atoms with Crippen molar-refractivity contribution in [2.45, 2.75) is 39.5 Å². The number of aromatic nitrogens is 1. The number of hydrogen-bond donors (Lipinski definition) is 0. The van der Waals surface area contributed by atoms with E-state index >= 15 is 0 Å². The van der Waals surface area contributed by atoms with Crippen molar-refractivity contribution in [2.75, 3.05) is 13.2 Å². The Morgan fingerprint density at radius 1 is 1.00 bits per heavy atom. The minimum Gasteiger partial charge on any atom is -0.494 e. The third kappa shape index (κ3) is 5.61. The van der Waals surface area contributed by atoms with E-state index < -0.39 is 0 Å². The summed E-state index contributed by atoms with van der Waals surface area (Å²) in [6, 6.07) is 17.4. The van der Waals surface area contributed by atoms with E-state index in [-0.39, 0.29) is 0 Å². The van der Waals surface area contributed by atoms with Gasteiger partial charge in [0.2, 0.25) is 0 Å². The molecule has 30 heavy (non-hydrogen) atoms. The largest absolute Gasteiger partial charge is 0.494 e. The summed E-state index contributed by atoms with van der Waals surface area (Å²) in [7, 11) is 0. The fourth-order valence-electron chi connectivity index (χ4n) is 3.17. The Labute approximate surface area is 178 Å². The molecule has 0 spiro atoms. The molecule has 2 aromatic carbocycles. The molecule has 0 aliphatic rings. The monoisotopic (exact) mass is 400 g/mol. The van der Waals surface area contributed by atoms with Gasteiger partial charge in [0.05, 0.1) is 36.1 Å². The number of benzene rings is 2. The van der Waals surface area contributed by atoms with E-state index in [1.165, 1.54) is 0 Å². The Hall–Kier alpha value is -3.32. The van der Waals surface area contributed by atoms with Crippen molar-refractivity contribution in [3.8, 4) is 17.6 Å². The Bertz CT molecular complexity index is 1030. The van der Waals surface area contributed by atoms with Gasteiger partial charge in [-0.3, -0.25) is 0 Å². The van der Waals surface area contributed by atoms with Crippen LogP contribution in [0.15, 0.2) is 54.6 Å². The van der Waals surface area contributed by atoms with Crippen molar-refractivity contribution in [2.24, 2.45) is 0 Å². The molecule has 3 rings (SSSR count). The van der Waals surface area contributed by atoms with Gasteiger partial charge >= 0.3 is 0 Å². The van der Waals surface area contributed by atoms with E-state index in [1.807, 2.05) is 30.3 Å². The molecular formula is C26H28N2O2. The highest BCUT2D eigenvalue weighted by molar-refractivity contribution is 5.88. The molecule has 0 fully saturated rings. The lowest BCUT2D eigenvalue weighted by molar-refractivity contribution is 0.310. The van der Waals surface area contributed by atoms with Crippen LogP contribution >= 0.6 is 0 Å². The van der Waals surface area contributed by atoms with Crippen LogP contribution in [0.3, 0.4) is 0 Å². The molecule has 0 aliphatic carbocycles. The second-order valence-corrected chi connectivity index (χ2v) is 7.20. The number of ether oxygens (including phenoxy) is 2. The molecule has 4 nitrogen and oxygen atoms in total. The van der Waals surface area contributed by atoms with Gasteiger partial charge in [0.25, 0.3) is 0 Å². The van der Waals surface area contributed by atoms with Crippen LogP contribution in [0.2, 0.25) is 0 Å². The number of unbranched alkanes of at least 4 members (excludes halogenated alkanes) is 2. The average molecular weight is 401 g/mol. The Morgan fingerprint density at radius 2 is 1.77 bits per heavy atom. The molecule has 0 radical (unpaired) electrons. The lowest BCUT2D eigenvalue weighted by Gasteiger charge is -2.14. The number of fused-ring (bicyclic) bond motifs is 1. The van der Waals surface area contributed by atoms with Crippen LogP contribution in [-0.4, -0.2) is 18.2 Å². The topological polar surface area (TPSA) is 55.1 Å². The maximum atomic E-state index is 8.83. The molecule has 0 atom stereocenters. The van der Waals surface area contributed by atoms with Gasteiger partial charge in [-0.1, -0.05) is 31.6 Å². The van der Waals surface area contributed by atoms with Gasteiger partial charge < -0.3 is 9.47 Å². The first-order chi connectivity index (χ1) is 14.7. The molecule has 3 aromatic rings. The Kier molecular flexibility index (Phi) is 7.86. The van der Waals surface area contributed by atoms with Gasteiger partial charge in [-0.15, -0.1) is 0 Å². The van der Waals surface area contributed by atoms with Crippen LogP contribution in [0.4, 0.5) is 0 Å². The summed E-state index contributed by atoms with van der Waals surface area (Å²) in [5.74, 6) is 1.73. The Morgan fingerprint density at radius 3 is 2.53 bits per heavy atom. The molecule has 0 N–H and O–H groups in total. The van der Waals surface area contributed by atoms with Gasteiger partial charge in [-0.2, -0.15) is 5.26 Å². The van der Waals surface area contributed by atoms with Crippen LogP contribution < -0.4 is 9.47 Å². The quantitative estimate of drug-likeness (QED) is 0.366. The minimum absolute atomic E-state index is 0.631. The highest BCUT2D eigenvalue weighted by Gasteiger charge is 2.11. The summed E-state index contributed by atoms with van der Waals surface area (Å²) in [6.07, 6.45) is 8.18. The number of pyridine rings is 1. The van der Waals surface area contributed by atoms with Gasteiger partial charge in [0.15, 0.2) is 0 Å². The zero-order valence-electron chi connectivity index (χ0n) is 17.7. The summed E-state index contributed by atoms with van der Waals surface area (Å²) < 4.78 is 11.9. The molecular weight excluding hydrogens is 372 g/mol. The predicted octanol–water partition coefficient (Wildman–Crippen LogP) is 6.47. The first kappa shape index (κ1) is 21.4. The van der Waals surface area contributed by atoms with E-state index in [9.17, 15) is 0 Å². The van der Waals surface area contributed by atoms with E-state index in [2.05, 4.69) is 38.1 Å². The molecule has 0 aliphatic heterocycles. The molecule has 1 aromatic heterocycles. The molecule has 0 amide bonds. The molecule has 0 saturated heterocycles. The molecule has 4 heteroatoms. The summed E-state index contributed by atoms with van der Waals surface area (Å²) in [5, 5.41) is 9.90. The highest BCUT2D eigenvalue weighted by Crippen LogP contribution is 2.31. The average Bonchev–Trinajstić information content (AvgIpc) is 2.78. The smallest absolute Gasteiger partial charge is 0.133 e. The van der Waals surface area contributed by atoms with Crippen LogP contribution in [0.1, 0.15) is 49.4 Å². The van der Waals surface area contributed by atoms with E-state index in [0.29, 0.717) is 12.2 Å². The van der Waals surface area contributed by atoms with Crippen LogP contribution in [0.5, 0.6) is 11.5 Å². The first-order valence-corrected chi connectivity index (χ1v) is 10.5. The fourth-order valence-corrected chi connectivity index (χ4v) is 3.17. The van der Waals surface area contributed by atoms with Crippen molar-refractivity contribution in [1.82, 2.24) is 4.98 Å². The zero-order chi connectivity index (χ0) is 21.2. The van der Waals surface area contributed by atoms with Crippen LogP contribution in [-0.2, 0) is 0 Å². The third-order valence-corrected chi connectivity index (χ3v) is 4.90. The van der Waals surface area contributed by atoms with Crippen molar-refractivity contribution in [1.29, 1.82) is 5.26 Å². The summed E-state index contributed by atoms with van der Waals surface area (Å²) in [4.78, 5) is 4.82. The first-order valence-electron chi connectivity index (χ1n) is 10.5. The molecule has 0 saturated carbocycles. The van der Waals surface area contributed by atoms with E-state index in [1.54, 1.807) is 12.1 Å². The fraction of sp³-hybridized carbons (Fsp3) is 0.308. The van der Waals surface area contributed by atoms with Gasteiger partial charge in [0, 0.05) is 10.9 Å². The van der Waals surface area contributed by atoms with Gasteiger partial charge in [-0.05, 0) is 68.7 Å². The SMILES string of the molecule is CCCCOc1c(C)c(/C=C/CCCOc2ccc(C#N)cc2)nc2ccccc12. The number of nitriles is 1. The number of hydrogen-bond acceptors (Lipinski definition) is 4. The Balaban J connectivity index is 1.60. The van der Waals surface area contributed by atoms with Crippen molar-refractivity contribution < 1.29 is 9.47 Å². The summed E-state index contributed by atoms with van der Waals surface area (Å²) in [5.41, 5.74) is 3.63. The van der Waals surface area contributed by atoms with E-state index in [0.717, 1.165) is 65.9 Å². The normalized spacial score (nSPS) is 11.0. The second-order valence-electron chi connectivity index (χ2n) is 7.20. The molecule has 0 bridgehead atoms. The van der Waals surface area contributed by atoms with Gasteiger partial charge in [0.1, 0.15) is 11.5 Å². The zero-order valence-corrected chi connectivity index (χ0v) is 17.7. The third-order valence-electron chi connectivity index (χ3n) is 4.90. The second kappa shape index (κ2) is 11.0.